The third kappa shape index (κ3) is 2.75. The first kappa shape index (κ1) is 11.6. The van der Waals surface area contributed by atoms with E-state index in [0.717, 1.165) is 11.8 Å². The summed E-state index contributed by atoms with van der Waals surface area (Å²) in [5.41, 5.74) is 0.420. The van der Waals surface area contributed by atoms with Crippen molar-refractivity contribution in [2.75, 3.05) is 18.9 Å². The molecule has 0 spiro atoms. The van der Waals surface area contributed by atoms with Crippen LogP contribution in [0.2, 0.25) is 5.22 Å². The van der Waals surface area contributed by atoms with Gasteiger partial charge in [0.2, 0.25) is 5.22 Å². The molecule has 3 nitrogen and oxygen atoms in total. The number of carbonyl (C=O) groups excluding carboxylic acids is 1. The molecule has 0 aliphatic carbocycles. The quantitative estimate of drug-likeness (QED) is 0.795. The Labute approximate surface area is 96.1 Å². The summed E-state index contributed by atoms with van der Waals surface area (Å²) in [6.45, 7) is 0.700. The van der Waals surface area contributed by atoms with E-state index in [9.17, 15) is 4.79 Å². The van der Waals surface area contributed by atoms with Crippen LogP contribution in [-0.4, -0.2) is 29.7 Å². The average molecular weight is 281 g/mol. The second-order valence-corrected chi connectivity index (χ2v) is 4.01. The fourth-order valence-electron chi connectivity index (χ4n) is 1.05. The van der Waals surface area contributed by atoms with E-state index in [-0.39, 0.29) is 11.1 Å². The number of amides is 1. The van der Waals surface area contributed by atoms with Gasteiger partial charge < -0.3 is 9.32 Å². The van der Waals surface area contributed by atoms with Crippen LogP contribution in [0.4, 0.5) is 0 Å². The minimum Gasteiger partial charge on any atom is -0.452 e. The molecular weight excluding hydrogens is 269 g/mol. The Morgan fingerprint density at radius 3 is 2.93 bits per heavy atom. The molecule has 0 aliphatic rings. The molecule has 0 bridgehead atoms. The Morgan fingerprint density at radius 1 is 1.71 bits per heavy atom. The zero-order chi connectivity index (χ0) is 10.6. The fourth-order valence-corrected chi connectivity index (χ4v) is 1.50. The molecule has 0 N–H and O–H groups in total. The van der Waals surface area contributed by atoms with Gasteiger partial charge in [-0.2, -0.15) is 0 Å². The maximum Gasteiger partial charge on any atom is 0.258 e. The van der Waals surface area contributed by atoms with Gasteiger partial charge in [-0.15, -0.1) is 0 Å². The van der Waals surface area contributed by atoms with E-state index < -0.39 is 0 Å². The number of furan rings is 1. The van der Waals surface area contributed by atoms with Gasteiger partial charge in [-0.3, -0.25) is 4.79 Å². The maximum atomic E-state index is 11.7. The standard InChI is InChI=1S/C9H11BrClNO2/c1-12(5-2-4-10)9(13)7-3-6-14-8(7)11/h3,6H,2,4-5H2,1H3. The summed E-state index contributed by atoms with van der Waals surface area (Å²) >= 11 is 9.00. The molecule has 0 aliphatic heterocycles. The lowest BCUT2D eigenvalue weighted by Crippen LogP contribution is -2.27. The maximum absolute atomic E-state index is 11.7. The molecule has 1 rings (SSSR count). The summed E-state index contributed by atoms with van der Waals surface area (Å²) < 4.78 is 4.85. The Kier molecular flexibility index (Phi) is 4.48. The second-order valence-electron chi connectivity index (χ2n) is 2.88. The highest BCUT2D eigenvalue weighted by molar-refractivity contribution is 9.09. The molecule has 1 amide bonds. The van der Waals surface area contributed by atoms with Crippen molar-refractivity contribution in [2.45, 2.75) is 6.42 Å². The first-order valence-corrected chi connectivity index (χ1v) is 5.71. The topological polar surface area (TPSA) is 33.5 Å². The summed E-state index contributed by atoms with van der Waals surface area (Å²) in [6, 6.07) is 1.58. The first-order valence-electron chi connectivity index (χ1n) is 4.21. The lowest BCUT2D eigenvalue weighted by atomic mass is 10.3. The highest BCUT2D eigenvalue weighted by atomic mass is 79.9. The van der Waals surface area contributed by atoms with Crippen LogP contribution in [0.3, 0.4) is 0 Å². The van der Waals surface area contributed by atoms with E-state index in [1.165, 1.54) is 6.26 Å². The minimum atomic E-state index is -0.107. The molecule has 14 heavy (non-hydrogen) atoms. The molecule has 5 heteroatoms. The van der Waals surface area contributed by atoms with Crippen LogP contribution in [0.5, 0.6) is 0 Å². The summed E-state index contributed by atoms with van der Waals surface area (Å²) in [5.74, 6) is -0.107. The molecule has 1 aromatic rings. The predicted octanol–water partition coefficient (Wildman–Crippen LogP) is 2.79. The van der Waals surface area contributed by atoms with Crippen LogP contribution in [0.25, 0.3) is 0 Å². The smallest absolute Gasteiger partial charge is 0.258 e. The van der Waals surface area contributed by atoms with Crippen molar-refractivity contribution in [2.24, 2.45) is 0 Å². The van der Waals surface area contributed by atoms with Gasteiger partial charge in [-0.05, 0) is 24.1 Å². The molecule has 0 fully saturated rings. The van der Waals surface area contributed by atoms with E-state index >= 15 is 0 Å². The van der Waals surface area contributed by atoms with E-state index in [4.69, 9.17) is 16.0 Å². The summed E-state index contributed by atoms with van der Waals surface area (Å²) in [7, 11) is 1.74. The Morgan fingerprint density at radius 2 is 2.43 bits per heavy atom. The van der Waals surface area contributed by atoms with Crippen LogP contribution < -0.4 is 0 Å². The highest BCUT2D eigenvalue weighted by Gasteiger charge is 2.16. The Balaban J connectivity index is 2.61. The van der Waals surface area contributed by atoms with Crippen LogP contribution in [0, 0.1) is 0 Å². The van der Waals surface area contributed by atoms with Gasteiger partial charge in [-0.25, -0.2) is 0 Å². The average Bonchev–Trinajstić information content (AvgIpc) is 2.59. The molecule has 0 atom stereocenters. The largest absolute Gasteiger partial charge is 0.452 e. The number of hydrogen-bond acceptors (Lipinski definition) is 2. The Bertz CT molecular complexity index is 314. The van der Waals surface area contributed by atoms with Gasteiger partial charge in [0.05, 0.1) is 11.8 Å². The molecule has 0 unspecified atom stereocenters. The number of rotatable bonds is 4. The van der Waals surface area contributed by atoms with Crippen molar-refractivity contribution < 1.29 is 9.21 Å². The number of nitrogens with zero attached hydrogens (tertiary/aromatic N) is 1. The molecule has 1 heterocycles. The van der Waals surface area contributed by atoms with Gasteiger partial charge in [-0.1, -0.05) is 15.9 Å². The van der Waals surface area contributed by atoms with E-state index in [0.29, 0.717) is 12.1 Å². The van der Waals surface area contributed by atoms with Crippen molar-refractivity contribution in [3.8, 4) is 0 Å². The van der Waals surface area contributed by atoms with Gasteiger partial charge >= 0.3 is 0 Å². The van der Waals surface area contributed by atoms with Gasteiger partial charge in [0.25, 0.3) is 5.91 Å². The number of carbonyl (C=O) groups is 1. The lowest BCUT2D eigenvalue weighted by molar-refractivity contribution is 0.0795. The number of hydrogen-bond donors (Lipinski definition) is 0. The predicted molar refractivity (Wildman–Crippen MR) is 59.1 cm³/mol. The van der Waals surface area contributed by atoms with Crippen molar-refractivity contribution >= 4 is 33.4 Å². The van der Waals surface area contributed by atoms with E-state index in [1.807, 2.05) is 0 Å². The van der Waals surface area contributed by atoms with Crippen LogP contribution in [0.15, 0.2) is 16.7 Å². The normalized spacial score (nSPS) is 10.2. The second kappa shape index (κ2) is 5.41. The van der Waals surface area contributed by atoms with Gasteiger partial charge in [0, 0.05) is 18.9 Å². The molecule has 78 valence electrons. The van der Waals surface area contributed by atoms with Crippen LogP contribution in [-0.2, 0) is 0 Å². The number of halogens is 2. The Hall–Kier alpha value is -0.480. The summed E-state index contributed by atoms with van der Waals surface area (Å²) in [5, 5.41) is 1.03. The van der Waals surface area contributed by atoms with Crippen LogP contribution in [0.1, 0.15) is 16.8 Å². The molecule has 0 radical (unpaired) electrons. The first-order chi connectivity index (χ1) is 6.66. The van der Waals surface area contributed by atoms with Crippen LogP contribution >= 0.6 is 27.5 Å². The molecule has 0 saturated carbocycles. The SMILES string of the molecule is CN(CCCBr)C(=O)c1ccoc1Cl. The van der Waals surface area contributed by atoms with Crippen molar-refractivity contribution in [1.82, 2.24) is 4.90 Å². The zero-order valence-corrected chi connectivity index (χ0v) is 10.1. The van der Waals surface area contributed by atoms with Crippen molar-refractivity contribution in [1.29, 1.82) is 0 Å². The summed E-state index contributed by atoms with van der Waals surface area (Å²) in [6.07, 6.45) is 2.33. The van der Waals surface area contributed by atoms with Crippen molar-refractivity contribution in [3.05, 3.63) is 23.1 Å². The molecular formula is C9H11BrClNO2. The highest BCUT2D eigenvalue weighted by Crippen LogP contribution is 2.18. The third-order valence-electron chi connectivity index (χ3n) is 1.82. The van der Waals surface area contributed by atoms with E-state index in [2.05, 4.69) is 15.9 Å². The minimum absolute atomic E-state index is 0.107. The monoisotopic (exact) mass is 279 g/mol. The molecule has 0 aromatic carbocycles. The fraction of sp³-hybridized carbons (Fsp3) is 0.444. The molecule has 1 aromatic heterocycles. The van der Waals surface area contributed by atoms with E-state index in [1.54, 1.807) is 18.0 Å². The lowest BCUT2D eigenvalue weighted by Gasteiger charge is -2.15. The van der Waals surface area contributed by atoms with Gasteiger partial charge in [0.1, 0.15) is 0 Å². The zero-order valence-electron chi connectivity index (χ0n) is 7.80. The summed E-state index contributed by atoms with van der Waals surface area (Å²) in [4.78, 5) is 13.3. The third-order valence-corrected chi connectivity index (χ3v) is 2.68. The van der Waals surface area contributed by atoms with Crippen molar-refractivity contribution in [3.63, 3.8) is 0 Å². The number of alkyl halides is 1. The molecule has 0 saturated heterocycles. The van der Waals surface area contributed by atoms with Gasteiger partial charge in [0.15, 0.2) is 0 Å².